The van der Waals surface area contributed by atoms with E-state index in [9.17, 15) is 4.79 Å². The minimum atomic E-state index is -0.378. The van der Waals surface area contributed by atoms with Crippen LogP contribution in [-0.2, 0) is 6.61 Å². The molecule has 0 saturated heterocycles. The quantitative estimate of drug-likeness (QED) is 0.298. The fourth-order valence-electron chi connectivity index (χ4n) is 3.02. The molecule has 0 radical (unpaired) electrons. The van der Waals surface area contributed by atoms with Crippen molar-refractivity contribution in [1.29, 1.82) is 0 Å². The number of benzene rings is 3. The van der Waals surface area contributed by atoms with Gasteiger partial charge in [-0.05, 0) is 64.3 Å². The number of halogens is 1. The van der Waals surface area contributed by atoms with Gasteiger partial charge in [-0.1, -0.05) is 30.3 Å². The van der Waals surface area contributed by atoms with Gasteiger partial charge in [-0.25, -0.2) is 5.43 Å². The molecule has 0 bridgehead atoms. The van der Waals surface area contributed by atoms with E-state index in [0.29, 0.717) is 41.8 Å². The Morgan fingerprint density at radius 2 is 1.76 bits per heavy atom. The van der Waals surface area contributed by atoms with Gasteiger partial charge >= 0.3 is 0 Å². The predicted molar refractivity (Wildman–Crippen MR) is 131 cm³/mol. The van der Waals surface area contributed by atoms with E-state index in [2.05, 4.69) is 26.5 Å². The molecule has 0 unspecified atom stereocenters. The van der Waals surface area contributed by atoms with Crippen LogP contribution in [0.3, 0.4) is 0 Å². The molecule has 3 aromatic rings. The highest BCUT2D eigenvalue weighted by Gasteiger charge is 2.12. The number of methoxy groups -OCH3 is 2. The molecule has 1 amide bonds. The summed E-state index contributed by atoms with van der Waals surface area (Å²) in [7, 11) is 3.10. The van der Waals surface area contributed by atoms with Gasteiger partial charge in [-0.3, -0.25) is 4.79 Å². The van der Waals surface area contributed by atoms with Gasteiger partial charge in [-0.15, -0.1) is 0 Å². The molecule has 0 atom stereocenters. The summed E-state index contributed by atoms with van der Waals surface area (Å²) in [5.41, 5.74) is 4.68. The summed E-state index contributed by atoms with van der Waals surface area (Å²) in [6, 6.07) is 18.4. The molecular weight excluding hydrogens is 488 g/mol. The number of amides is 1. The standard InChI is InChI=1S/C25H25BrN2O5/c1-4-32-23-13-18(12-20(26)24(23)31-3)15-27-28-25(29)19-10-11-21(22(14-19)30-2)33-16-17-8-6-5-7-9-17/h5-15H,4,16H2,1-3H3,(H,28,29)/b27-15+. The fourth-order valence-corrected chi connectivity index (χ4v) is 3.64. The zero-order valence-corrected chi connectivity index (χ0v) is 20.2. The molecule has 0 aliphatic rings. The van der Waals surface area contributed by atoms with Gasteiger partial charge in [-0.2, -0.15) is 5.10 Å². The largest absolute Gasteiger partial charge is 0.493 e. The topological polar surface area (TPSA) is 78.4 Å². The minimum Gasteiger partial charge on any atom is -0.493 e. The zero-order valence-electron chi connectivity index (χ0n) is 18.6. The Morgan fingerprint density at radius 3 is 2.45 bits per heavy atom. The second-order valence-corrected chi connectivity index (χ2v) is 7.66. The SMILES string of the molecule is CCOc1cc(/C=N/NC(=O)c2ccc(OCc3ccccc3)c(OC)c2)cc(Br)c1OC. The fraction of sp³-hybridized carbons (Fsp3) is 0.200. The van der Waals surface area contributed by atoms with E-state index in [1.165, 1.54) is 13.3 Å². The average Bonchev–Trinajstić information content (AvgIpc) is 2.83. The second kappa shape index (κ2) is 11.9. The van der Waals surface area contributed by atoms with Gasteiger partial charge in [0.25, 0.3) is 5.91 Å². The zero-order chi connectivity index (χ0) is 23.6. The molecule has 0 aromatic heterocycles. The van der Waals surface area contributed by atoms with Crippen LogP contribution in [0.25, 0.3) is 0 Å². The van der Waals surface area contributed by atoms with Crippen molar-refractivity contribution in [3.05, 3.63) is 81.8 Å². The molecule has 172 valence electrons. The molecule has 0 aliphatic carbocycles. The van der Waals surface area contributed by atoms with E-state index in [1.54, 1.807) is 31.4 Å². The van der Waals surface area contributed by atoms with E-state index in [-0.39, 0.29) is 5.91 Å². The second-order valence-electron chi connectivity index (χ2n) is 6.81. The summed E-state index contributed by atoms with van der Waals surface area (Å²) in [6.45, 7) is 2.78. The molecule has 3 rings (SSSR count). The van der Waals surface area contributed by atoms with Crippen LogP contribution in [0.5, 0.6) is 23.0 Å². The molecular formula is C25H25BrN2O5. The first-order chi connectivity index (χ1) is 16.0. The molecule has 0 heterocycles. The first-order valence-corrected chi connectivity index (χ1v) is 11.0. The molecule has 1 N–H and O–H groups in total. The van der Waals surface area contributed by atoms with Crippen LogP contribution in [0.1, 0.15) is 28.4 Å². The molecule has 7 nitrogen and oxygen atoms in total. The molecule has 0 saturated carbocycles. The summed E-state index contributed by atoms with van der Waals surface area (Å²) in [6.07, 6.45) is 1.53. The van der Waals surface area contributed by atoms with Crippen molar-refractivity contribution in [3.8, 4) is 23.0 Å². The maximum atomic E-state index is 12.6. The van der Waals surface area contributed by atoms with E-state index in [4.69, 9.17) is 18.9 Å². The Balaban J connectivity index is 1.67. The van der Waals surface area contributed by atoms with Gasteiger partial charge in [0.2, 0.25) is 0 Å². The van der Waals surface area contributed by atoms with Crippen LogP contribution >= 0.6 is 15.9 Å². The van der Waals surface area contributed by atoms with Crippen LogP contribution in [-0.4, -0.2) is 32.9 Å². The van der Waals surface area contributed by atoms with Crippen LogP contribution in [0, 0.1) is 0 Å². The van der Waals surface area contributed by atoms with Gasteiger partial charge in [0, 0.05) is 5.56 Å². The number of nitrogens with one attached hydrogen (secondary N) is 1. The average molecular weight is 513 g/mol. The number of hydrazone groups is 1. The molecule has 3 aromatic carbocycles. The lowest BCUT2D eigenvalue weighted by molar-refractivity contribution is 0.0954. The number of carbonyl (C=O) groups excluding carboxylic acids is 1. The third-order valence-corrected chi connectivity index (χ3v) is 5.17. The Kier molecular flexibility index (Phi) is 8.71. The summed E-state index contributed by atoms with van der Waals surface area (Å²) in [5.74, 6) is 1.81. The summed E-state index contributed by atoms with van der Waals surface area (Å²) in [5, 5.41) is 4.06. The van der Waals surface area contributed by atoms with Crippen molar-refractivity contribution in [2.45, 2.75) is 13.5 Å². The first kappa shape index (κ1) is 24.1. The molecule has 0 fully saturated rings. The number of rotatable bonds is 10. The lowest BCUT2D eigenvalue weighted by Crippen LogP contribution is -2.17. The van der Waals surface area contributed by atoms with Gasteiger partial charge < -0.3 is 18.9 Å². The van der Waals surface area contributed by atoms with Crippen molar-refractivity contribution in [2.24, 2.45) is 5.10 Å². The van der Waals surface area contributed by atoms with Crippen LogP contribution in [0.15, 0.2) is 70.2 Å². The number of nitrogens with zero attached hydrogens (tertiary/aromatic N) is 1. The van der Waals surface area contributed by atoms with Crippen molar-refractivity contribution in [1.82, 2.24) is 5.43 Å². The van der Waals surface area contributed by atoms with Crippen LogP contribution < -0.4 is 24.4 Å². The Bertz CT molecular complexity index is 1120. The summed E-state index contributed by atoms with van der Waals surface area (Å²) < 4.78 is 22.9. The summed E-state index contributed by atoms with van der Waals surface area (Å²) >= 11 is 3.46. The number of ether oxygens (including phenoxy) is 4. The van der Waals surface area contributed by atoms with Gasteiger partial charge in [0.05, 0.1) is 31.5 Å². The third-order valence-electron chi connectivity index (χ3n) is 4.58. The maximum absolute atomic E-state index is 12.6. The normalized spacial score (nSPS) is 10.7. The minimum absolute atomic E-state index is 0.378. The Labute approximate surface area is 201 Å². The number of hydrogen-bond acceptors (Lipinski definition) is 6. The lowest BCUT2D eigenvalue weighted by atomic mass is 10.2. The van der Waals surface area contributed by atoms with Crippen molar-refractivity contribution >= 4 is 28.1 Å². The molecule has 8 heteroatoms. The highest BCUT2D eigenvalue weighted by molar-refractivity contribution is 9.10. The van der Waals surface area contributed by atoms with Crippen molar-refractivity contribution in [3.63, 3.8) is 0 Å². The number of carbonyl (C=O) groups is 1. The van der Waals surface area contributed by atoms with Crippen molar-refractivity contribution in [2.75, 3.05) is 20.8 Å². The highest BCUT2D eigenvalue weighted by atomic mass is 79.9. The van der Waals surface area contributed by atoms with Gasteiger partial charge in [0.1, 0.15) is 6.61 Å². The molecule has 0 spiro atoms. The molecule has 0 aliphatic heterocycles. The van der Waals surface area contributed by atoms with E-state index in [0.717, 1.165) is 15.6 Å². The van der Waals surface area contributed by atoms with E-state index < -0.39 is 0 Å². The smallest absolute Gasteiger partial charge is 0.271 e. The first-order valence-electron chi connectivity index (χ1n) is 10.2. The van der Waals surface area contributed by atoms with Crippen LogP contribution in [0.2, 0.25) is 0 Å². The van der Waals surface area contributed by atoms with E-state index in [1.807, 2.05) is 43.3 Å². The van der Waals surface area contributed by atoms with Crippen molar-refractivity contribution < 1.29 is 23.7 Å². The van der Waals surface area contributed by atoms with E-state index >= 15 is 0 Å². The monoisotopic (exact) mass is 512 g/mol. The number of hydrogen-bond donors (Lipinski definition) is 1. The van der Waals surface area contributed by atoms with Crippen LogP contribution in [0.4, 0.5) is 0 Å². The Morgan fingerprint density at radius 1 is 0.970 bits per heavy atom. The highest BCUT2D eigenvalue weighted by Crippen LogP contribution is 2.36. The third kappa shape index (κ3) is 6.49. The summed E-state index contributed by atoms with van der Waals surface area (Å²) in [4.78, 5) is 12.6. The van der Waals surface area contributed by atoms with Gasteiger partial charge in [0.15, 0.2) is 23.0 Å². The lowest BCUT2D eigenvalue weighted by Gasteiger charge is -2.12. The molecule has 33 heavy (non-hydrogen) atoms. The maximum Gasteiger partial charge on any atom is 0.271 e. The Hall–Kier alpha value is -3.52. The predicted octanol–water partition coefficient (Wildman–Crippen LogP) is 5.21.